The van der Waals surface area contributed by atoms with Crippen LogP contribution in [-0.4, -0.2) is 27.6 Å². The average Bonchev–Trinajstić information content (AvgIpc) is 2.21. The fourth-order valence-corrected chi connectivity index (χ4v) is 1.36. The van der Waals surface area contributed by atoms with Gasteiger partial charge in [0, 0.05) is 19.0 Å². The van der Waals surface area contributed by atoms with Gasteiger partial charge in [0.05, 0.1) is 0 Å². The highest BCUT2D eigenvalue weighted by atomic mass is 16.4. The maximum atomic E-state index is 11.0. The lowest BCUT2D eigenvalue weighted by Gasteiger charge is -2.04. The minimum absolute atomic E-state index is 0.0749. The molecule has 17 heavy (non-hydrogen) atoms. The highest BCUT2D eigenvalue weighted by Gasteiger charge is 1.99. The smallest absolute Gasteiger partial charge is 0.303 e. The number of aliphatic carboxylic acids is 1. The Labute approximate surface area is 98.1 Å². The molecule has 0 aliphatic heterocycles. The van der Waals surface area contributed by atoms with Crippen LogP contribution in [0, 0.1) is 0 Å². The summed E-state index contributed by atoms with van der Waals surface area (Å²) < 4.78 is 0. The van der Waals surface area contributed by atoms with Gasteiger partial charge in [-0.2, -0.15) is 4.98 Å². The summed E-state index contributed by atoms with van der Waals surface area (Å²) in [7, 11) is 0. The summed E-state index contributed by atoms with van der Waals surface area (Å²) >= 11 is 0. The van der Waals surface area contributed by atoms with E-state index in [0.29, 0.717) is 18.8 Å². The number of hydrogen-bond acceptors (Lipinski definition) is 5. The van der Waals surface area contributed by atoms with E-state index in [1.807, 2.05) is 0 Å². The van der Waals surface area contributed by atoms with E-state index in [9.17, 15) is 9.59 Å². The number of nitrogens with zero attached hydrogens (tertiary/aromatic N) is 1. The number of nitrogens with one attached hydrogen (secondary N) is 2. The molecule has 0 unspecified atom stereocenters. The van der Waals surface area contributed by atoms with Gasteiger partial charge in [0.15, 0.2) is 0 Å². The predicted octanol–water partition coefficient (Wildman–Crippen LogP) is 0.409. The molecule has 1 heterocycles. The van der Waals surface area contributed by atoms with Crippen LogP contribution in [0.4, 0.5) is 11.8 Å². The SMILES string of the molecule is Nc1nc(NCCCCCC(=O)O)cc(=O)[nH]1. The van der Waals surface area contributed by atoms with E-state index in [4.69, 9.17) is 10.8 Å². The van der Waals surface area contributed by atoms with Crippen LogP contribution in [-0.2, 0) is 4.79 Å². The summed E-state index contributed by atoms with van der Waals surface area (Å²) in [5.74, 6) is -0.266. The molecule has 1 aromatic heterocycles. The first-order valence-electron chi connectivity index (χ1n) is 5.40. The largest absolute Gasteiger partial charge is 0.481 e. The lowest BCUT2D eigenvalue weighted by atomic mass is 10.2. The zero-order valence-electron chi connectivity index (χ0n) is 9.40. The average molecular weight is 240 g/mol. The maximum absolute atomic E-state index is 11.0. The number of nitrogen functional groups attached to an aromatic ring is 1. The number of H-pyrrole nitrogens is 1. The molecule has 0 aromatic carbocycles. The fraction of sp³-hybridized carbons (Fsp3) is 0.500. The van der Waals surface area contributed by atoms with Crippen LogP contribution < -0.4 is 16.6 Å². The van der Waals surface area contributed by atoms with Crippen molar-refractivity contribution in [2.75, 3.05) is 17.6 Å². The zero-order chi connectivity index (χ0) is 12.7. The number of anilines is 2. The number of aromatic amines is 1. The second-order valence-electron chi connectivity index (χ2n) is 3.65. The molecule has 94 valence electrons. The number of aromatic nitrogens is 2. The molecule has 0 spiro atoms. The molecule has 1 aromatic rings. The first-order chi connectivity index (χ1) is 8.08. The van der Waals surface area contributed by atoms with Crippen LogP contribution >= 0.6 is 0 Å². The molecule has 0 aliphatic carbocycles. The number of unbranched alkanes of at least 4 members (excludes halogenated alkanes) is 2. The van der Waals surface area contributed by atoms with Crippen molar-refractivity contribution in [1.29, 1.82) is 0 Å². The van der Waals surface area contributed by atoms with Crippen LogP contribution in [0.15, 0.2) is 10.9 Å². The van der Waals surface area contributed by atoms with Crippen molar-refractivity contribution in [2.24, 2.45) is 0 Å². The quantitative estimate of drug-likeness (QED) is 0.512. The van der Waals surface area contributed by atoms with Gasteiger partial charge in [-0.05, 0) is 12.8 Å². The van der Waals surface area contributed by atoms with Crippen molar-refractivity contribution in [1.82, 2.24) is 9.97 Å². The third-order valence-electron chi connectivity index (χ3n) is 2.13. The molecule has 5 N–H and O–H groups in total. The van der Waals surface area contributed by atoms with Crippen molar-refractivity contribution >= 4 is 17.7 Å². The van der Waals surface area contributed by atoms with E-state index in [0.717, 1.165) is 12.8 Å². The maximum Gasteiger partial charge on any atom is 0.303 e. The standard InChI is InChI=1S/C10H16N4O3/c11-10-13-7(6-8(15)14-10)12-5-3-1-2-4-9(16)17/h6H,1-5H2,(H,16,17)(H4,11,12,13,14,15). The van der Waals surface area contributed by atoms with Crippen molar-refractivity contribution in [3.63, 3.8) is 0 Å². The Kier molecular flexibility index (Phi) is 4.99. The molecule has 0 aliphatic rings. The number of rotatable bonds is 7. The van der Waals surface area contributed by atoms with E-state index >= 15 is 0 Å². The summed E-state index contributed by atoms with van der Waals surface area (Å²) in [5, 5.41) is 11.4. The zero-order valence-corrected chi connectivity index (χ0v) is 9.40. The fourth-order valence-electron chi connectivity index (χ4n) is 1.36. The number of carboxylic acid groups (broad SMARTS) is 1. The lowest BCUT2D eigenvalue weighted by Crippen LogP contribution is -2.13. The second-order valence-corrected chi connectivity index (χ2v) is 3.65. The molecule has 0 saturated heterocycles. The number of hydrogen-bond donors (Lipinski definition) is 4. The summed E-state index contributed by atoms with van der Waals surface area (Å²) in [6.45, 7) is 0.634. The first-order valence-corrected chi connectivity index (χ1v) is 5.40. The molecule has 0 amide bonds. The van der Waals surface area contributed by atoms with Gasteiger partial charge in [-0.3, -0.25) is 14.6 Å². The predicted molar refractivity (Wildman–Crippen MR) is 63.9 cm³/mol. The van der Waals surface area contributed by atoms with Gasteiger partial charge in [-0.1, -0.05) is 6.42 Å². The molecular formula is C10H16N4O3. The monoisotopic (exact) mass is 240 g/mol. The highest BCUT2D eigenvalue weighted by molar-refractivity contribution is 5.66. The van der Waals surface area contributed by atoms with Gasteiger partial charge in [0.25, 0.3) is 5.56 Å². The molecule has 7 nitrogen and oxygen atoms in total. The molecule has 0 atom stereocenters. The van der Waals surface area contributed by atoms with Crippen LogP contribution in [0.2, 0.25) is 0 Å². The van der Waals surface area contributed by atoms with Gasteiger partial charge in [0.2, 0.25) is 5.95 Å². The van der Waals surface area contributed by atoms with Crippen molar-refractivity contribution in [2.45, 2.75) is 25.7 Å². The van der Waals surface area contributed by atoms with Crippen LogP contribution in [0.25, 0.3) is 0 Å². The molecule has 0 radical (unpaired) electrons. The Morgan fingerprint density at radius 3 is 2.88 bits per heavy atom. The normalized spacial score (nSPS) is 10.1. The van der Waals surface area contributed by atoms with Crippen LogP contribution in [0.1, 0.15) is 25.7 Å². The van der Waals surface area contributed by atoms with Gasteiger partial charge in [-0.15, -0.1) is 0 Å². The Bertz CT molecular complexity index is 430. The second kappa shape index (κ2) is 6.51. The number of carbonyl (C=O) groups is 1. The lowest BCUT2D eigenvalue weighted by molar-refractivity contribution is -0.137. The van der Waals surface area contributed by atoms with E-state index in [1.165, 1.54) is 6.07 Å². The number of nitrogens with two attached hydrogens (primary N) is 1. The summed E-state index contributed by atoms with van der Waals surface area (Å²) in [5.41, 5.74) is 5.07. The third kappa shape index (κ3) is 5.55. The van der Waals surface area contributed by atoms with Gasteiger partial charge in [-0.25, -0.2) is 0 Å². The van der Waals surface area contributed by atoms with E-state index in [-0.39, 0.29) is 17.9 Å². The van der Waals surface area contributed by atoms with Gasteiger partial charge in [0.1, 0.15) is 5.82 Å². The molecule has 0 fully saturated rings. The number of carboxylic acids is 1. The van der Waals surface area contributed by atoms with E-state index < -0.39 is 5.97 Å². The van der Waals surface area contributed by atoms with Crippen molar-refractivity contribution in [3.8, 4) is 0 Å². The third-order valence-corrected chi connectivity index (χ3v) is 2.13. The molecule has 0 bridgehead atoms. The van der Waals surface area contributed by atoms with Crippen molar-refractivity contribution < 1.29 is 9.90 Å². The summed E-state index contributed by atoms with van der Waals surface area (Å²) in [4.78, 5) is 27.5. The molecule has 7 heteroatoms. The van der Waals surface area contributed by atoms with Gasteiger partial charge < -0.3 is 16.2 Å². The van der Waals surface area contributed by atoms with Crippen LogP contribution in [0.3, 0.4) is 0 Å². The Balaban J connectivity index is 2.22. The summed E-state index contributed by atoms with van der Waals surface area (Å²) in [6, 6.07) is 1.33. The molecule has 0 saturated carbocycles. The first kappa shape index (κ1) is 13.0. The Morgan fingerprint density at radius 1 is 1.47 bits per heavy atom. The van der Waals surface area contributed by atoms with E-state index in [1.54, 1.807) is 0 Å². The minimum Gasteiger partial charge on any atom is -0.481 e. The Morgan fingerprint density at radius 2 is 2.24 bits per heavy atom. The van der Waals surface area contributed by atoms with E-state index in [2.05, 4.69) is 15.3 Å². The summed E-state index contributed by atoms with van der Waals surface area (Å²) in [6.07, 6.45) is 2.48. The molecule has 1 rings (SSSR count). The van der Waals surface area contributed by atoms with Crippen molar-refractivity contribution in [3.05, 3.63) is 16.4 Å². The Hall–Kier alpha value is -2.05. The van der Waals surface area contributed by atoms with Crippen LogP contribution in [0.5, 0.6) is 0 Å². The molecular weight excluding hydrogens is 224 g/mol. The topological polar surface area (TPSA) is 121 Å². The highest BCUT2D eigenvalue weighted by Crippen LogP contribution is 2.03. The minimum atomic E-state index is -0.776. The van der Waals surface area contributed by atoms with Gasteiger partial charge >= 0.3 is 5.97 Å².